The number of carbonyl (C=O) groups excluding carboxylic acids is 1. The summed E-state index contributed by atoms with van der Waals surface area (Å²) >= 11 is 0. The van der Waals surface area contributed by atoms with E-state index in [1.807, 2.05) is 0 Å². The van der Waals surface area contributed by atoms with Crippen LogP contribution < -0.4 is 0 Å². The topological polar surface area (TPSA) is 26.3 Å². The first-order valence-corrected chi connectivity index (χ1v) is 4.06. The van der Waals surface area contributed by atoms with Crippen LogP contribution >= 0.6 is 0 Å². The van der Waals surface area contributed by atoms with Crippen molar-refractivity contribution in [3.8, 4) is 0 Å². The number of hydrogen-bond acceptors (Lipinski definition) is 2. The average molecular weight is 140 g/mol. The highest BCUT2D eigenvalue weighted by Crippen LogP contribution is 2.34. The van der Waals surface area contributed by atoms with Crippen molar-refractivity contribution in [3.05, 3.63) is 0 Å². The summed E-state index contributed by atoms with van der Waals surface area (Å²) < 4.78 is 5.13. The van der Waals surface area contributed by atoms with Gasteiger partial charge in [-0.25, -0.2) is 0 Å². The van der Waals surface area contributed by atoms with E-state index in [1.165, 1.54) is 19.3 Å². The number of ether oxygens (including phenoxy) is 1. The van der Waals surface area contributed by atoms with Gasteiger partial charge in [0.2, 0.25) is 0 Å². The van der Waals surface area contributed by atoms with Crippen molar-refractivity contribution in [2.45, 2.75) is 38.2 Å². The van der Waals surface area contributed by atoms with Gasteiger partial charge in [0.15, 0.2) is 0 Å². The van der Waals surface area contributed by atoms with Crippen molar-refractivity contribution in [1.82, 2.24) is 0 Å². The molecule has 1 heterocycles. The Kier molecular flexibility index (Phi) is 1.40. The highest BCUT2D eigenvalue weighted by molar-refractivity contribution is 5.72. The molecule has 0 N–H and O–H groups in total. The normalized spacial score (nSPS) is 39.0. The largest absolute Gasteiger partial charge is 0.462 e. The Morgan fingerprint density at radius 1 is 1.30 bits per heavy atom. The van der Waals surface area contributed by atoms with E-state index in [4.69, 9.17) is 4.74 Å². The van der Waals surface area contributed by atoms with Gasteiger partial charge in [0.1, 0.15) is 6.10 Å². The number of esters is 1. The van der Waals surface area contributed by atoms with E-state index in [9.17, 15) is 4.79 Å². The Bertz CT molecular complexity index is 137. The second kappa shape index (κ2) is 2.26. The van der Waals surface area contributed by atoms with Crippen molar-refractivity contribution in [1.29, 1.82) is 0 Å². The SMILES string of the molecule is O=C1CC2CCCC[C@H]2O1. The van der Waals surface area contributed by atoms with E-state index in [2.05, 4.69) is 0 Å². The van der Waals surface area contributed by atoms with Gasteiger partial charge in [-0.3, -0.25) is 4.79 Å². The first kappa shape index (κ1) is 6.20. The number of carbonyl (C=O) groups is 1. The van der Waals surface area contributed by atoms with E-state index in [0.717, 1.165) is 6.42 Å². The van der Waals surface area contributed by atoms with Gasteiger partial charge in [-0.05, 0) is 19.3 Å². The molecule has 0 spiro atoms. The molecule has 2 aliphatic rings. The minimum Gasteiger partial charge on any atom is -0.462 e. The zero-order chi connectivity index (χ0) is 6.97. The summed E-state index contributed by atoms with van der Waals surface area (Å²) in [6.07, 6.45) is 5.82. The zero-order valence-corrected chi connectivity index (χ0v) is 6.01. The Labute approximate surface area is 60.6 Å². The molecular weight excluding hydrogens is 128 g/mol. The Morgan fingerprint density at radius 2 is 2.10 bits per heavy atom. The molecule has 56 valence electrons. The quantitative estimate of drug-likeness (QED) is 0.476. The van der Waals surface area contributed by atoms with Crippen LogP contribution in [0.15, 0.2) is 0 Å². The van der Waals surface area contributed by atoms with Gasteiger partial charge in [0, 0.05) is 5.92 Å². The maximum absolute atomic E-state index is 10.8. The molecule has 1 saturated heterocycles. The molecule has 0 amide bonds. The maximum atomic E-state index is 10.8. The van der Waals surface area contributed by atoms with Gasteiger partial charge in [-0.2, -0.15) is 0 Å². The predicted octanol–water partition coefficient (Wildman–Crippen LogP) is 1.49. The van der Waals surface area contributed by atoms with E-state index in [0.29, 0.717) is 18.4 Å². The zero-order valence-electron chi connectivity index (χ0n) is 6.01. The van der Waals surface area contributed by atoms with Crippen molar-refractivity contribution in [3.63, 3.8) is 0 Å². The molecule has 2 atom stereocenters. The summed E-state index contributed by atoms with van der Waals surface area (Å²) in [6.45, 7) is 0. The van der Waals surface area contributed by atoms with Gasteiger partial charge in [0.25, 0.3) is 0 Å². The summed E-state index contributed by atoms with van der Waals surface area (Å²) in [4.78, 5) is 10.8. The average Bonchev–Trinajstić information content (AvgIpc) is 2.27. The van der Waals surface area contributed by atoms with Gasteiger partial charge in [0.05, 0.1) is 6.42 Å². The number of rotatable bonds is 0. The lowest BCUT2D eigenvalue weighted by Crippen LogP contribution is -2.19. The van der Waals surface area contributed by atoms with E-state index in [1.54, 1.807) is 0 Å². The van der Waals surface area contributed by atoms with Gasteiger partial charge in [-0.15, -0.1) is 0 Å². The molecule has 2 heteroatoms. The minimum atomic E-state index is 0.0249. The first-order valence-electron chi connectivity index (χ1n) is 4.06. The summed E-state index contributed by atoms with van der Waals surface area (Å²) in [5.74, 6) is 0.596. The predicted molar refractivity (Wildman–Crippen MR) is 36.5 cm³/mol. The third kappa shape index (κ3) is 0.917. The first-order chi connectivity index (χ1) is 4.86. The van der Waals surface area contributed by atoms with Crippen LogP contribution in [0.4, 0.5) is 0 Å². The third-order valence-corrected chi connectivity index (χ3v) is 2.55. The van der Waals surface area contributed by atoms with E-state index in [-0.39, 0.29) is 5.97 Å². The molecule has 1 aliphatic heterocycles. The van der Waals surface area contributed by atoms with E-state index >= 15 is 0 Å². The second-order valence-corrected chi connectivity index (χ2v) is 3.28. The fraction of sp³-hybridized carbons (Fsp3) is 0.875. The Hall–Kier alpha value is -0.530. The fourth-order valence-electron chi connectivity index (χ4n) is 1.99. The summed E-state index contributed by atoms with van der Waals surface area (Å²) in [5.41, 5.74) is 0. The second-order valence-electron chi connectivity index (χ2n) is 3.28. The lowest BCUT2D eigenvalue weighted by Gasteiger charge is -2.21. The van der Waals surface area contributed by atoms with Crippen LogP contribution in [-0.4, -0.2) is 12.1 Å². The highest BCUT2D eigenvalue weighted by Gasteiger charge is 2.35. The van der Waals surface area contributed by atoms with Crippen molar-refractivity contribution < 1.29 is 9.53 Å². The molecule has 2 rings (SSSR count). The highest BCUT2D eigenvalue weighted by atomic mass is 16.5. The molecule has 2 fully saturated rings. The Morgan fingerprint density at radius 3 is 2.90 bits per heavy atom. The molecule has 0 bridgehead atoms. The monoisotopic (exact) mass is 140 g/mol. The number of fused-ring (bicyclic) bond motifs is 1. The molecule has 1 aliphatic carbocycles. The van der Waals surface area contributed by atoms with Crippen LogP contribution in [0.5, 0.6) is 0 Å². The van der Waals surface area contributed by atoms with E-state index < -0.39 is 0 Å². The number of hydrogen-bond donors (Lipinski definition) is 0. The minimum absolute atomic E-state index is 0.0249. The van der Waals surface area contributed by atoms with Crippen LogP contribution in [-0.2, 0) is 9.53 Å². The van der Waals surface area contributed by atoms with Gasteiger partial charge in [-0.1, -0.05) is 6.42 Å². The fourth-order valence-corrected chi connectivity index (χ4v) is 1.99. The van der Waals surface area contributed by atoms with Crippen LogP contribution in [0.2, 0.25) is 0 Å². The lowest BCUT2D eigenvalue weighted by molar-refractivity contribution is -0.141. The standard InChI is InChI=1S/C8H12O2/c9-8-5-6-3-1-2-4-7(6)10-8/h6-7H,1-5H2/t6?,7-/m1/s1. The van der Waals surface area contributed by atoms with Gasteiger partial charge >= 0.3 is 5.97 Å². The molecule has 1 unspecified atom stereocenters. The van der Waals surface area contributed by atoms with Crippen LogP contribution in [0.3, 0.4) is 0 Å². The molecule has 1 saturated carbocycles. The van der Waals surface area contributed by atoms with Gasteiger partial charge < -0.3 is 4.74 Å². The summed E-state index contributed by atoms with van der Waals surface area (Å²) in [5, 5.41) is 0. The molecule has 2 nitrogen and oxygen atoms in total. The smallest absolute Gasteiger partial charge is 0.306 e. The molecule has 10 heavy (non-hydrogen) atoms. The van der Waals surface area contributed by atoms with Crippen molar-refractivity contribution in [2.75, 3.05) is 0 Å². The molecule has 0 aromatic carbocycles. The van der Waals surface area contributed by atoms with Crippen LogP contribution in [0.25, 0.3) is 0 Å². The molecular formula is C8H12O2. The van der Waals surface area contributed by atoms with Crippen molar-refractivity contribution >= 4 is 5.97 Å². The molecule has 0 aromatic rings. The van der Waals surface area contributed by atoms with Crippen molar-refractivity contribution in [2.24, 2.45) is 5.92 Å². The maximum Gasteiger partial charge on any atom is 0.306 e. The summed E-state index contributed by atoms with van der Waals surface area (Å²) in [6, 6.07) is 0. The summed E-state index contributed by atoms with van der Waals surface area (Å²) in [7, 11) is 0. The Balaban J connectivity index is 2.04. The molecule has 0 aromatic heterocycles. The van der Waals surface area contributed by atoms with Crippen LogP contribution in [0, 0.1) is 5.92 Å². The third-order valence-electron chi connectivity index (χ3n) is 2.55. The lowest BCUT2D eigenvalue weighted by atomic mass is 9.86. The molecule has 0 radical (unpaired) electrons. The van der Waals surface area contributed by atoms with Crippen LogP contribution in [0.1, 0.15) is 32.1 Å².